The fourth-order valence-corrected chi connectivity index (χ4v) is 2.46. The second-order valence-corrected chi connectivity index (χ2v) is 5.87. The van der Waals surface area contributed by atoms with Gasteiger partial charge >= 0.3 is 5.97 Å². The summed E-state index contributed by atoms with van der Waals surface area (Å²) in [6.45, 7) is 2.10. The van der Waals surface area contributed by atoms with Crippen LogP contribution in [0.25, 0.3) is 0 Å². The number of hydrogen-bond donors (Lipinski definition) is 2. The zero-order valence-corrected chi connectivity index (χ0v) is 13.6. The zero-order valence-electron chi connectivity index (χ0n) is 13.6. The zero-order chi connectivity index (χ0) is 16.2. The van der Waals surface area contributed by atoms with Crippen molar-refractivity contribution in [2.45, 2.75) is 83.0 Å². The first-order valence-corrected chi connectivity index (χ1v) is 8.52. The molecule has 0 saturated carbocycles. The smallest absolute Gasteiger partial charge is 0.303 e. The normalized spacial score (nSPS) is 22.5. The number of allylic oxidation sites excluding steroid dienone is 2. The van der Waals surface area contributed by atoms with Crippen molar-refractivity contribution in [1.29, 1.82) is 0 Å². The number of aliphatic carboxylic acids is 1. The number of ether oxygens (including phenoxy) is 1. The molecule has 0 spiro atoms. The van der Waals surface area contributed by atoms with E-state index in [9.17, 15) is 9.90 Å². The van der Waals surface area contributed by atoms with E-state index in [0.29, 0.717) is 0 Å². The van der Waals surface area contributed by atoms with Gasteiger partial charge in [-0.1, -0.05) is 50.5 Å². The molecule has 2 N–H and O–H groups in total. The quantitative estimate of drug-likeness (QED) is 0.308. The molecule has 0 bridgehead atoms. The molecule has 0 radical (unpaired) electrons. The van der Waals surface area contributed by atoms with Gasteiger partial charge in [0.1, 0.15) is 12.2 Å². The maximum Gasteiger partial charge on any atom is 0.303 e. The van der Waals surface area contributed by atoms with Gasteiger partial charge in [0, 0.05) is 6.42 Å². The Labute approximate surface area is 133 Å². The average Bonchev–Trinajstić information content (AvgIpc) is 3.25. The van der Waals surface area contributed by atoms with Crippen LogP contribution in [0.1, 0.15) is 64.7 Å². The van der Waals surface area contributed by atoms with Gasteiger partial charge in [0.05, 0.1) is 6.10 Å². The van der Waals surface area contributed by atoms with Crippen molar-refractivity contribution in [3.8, 4) is 0 Å². The molecule has 1 aliphatic heterocycles. The lowest BCUT2D eigenvalue weighted by Gasteiger charge is -2.01. The minimum Gasteiger partial charge on any atom is -0.481 e. The second-order valence-electron chi connectivity index (χ2n) is 5.87. The lowest BCUT2D eigenvalue weighted by Crippen LogP contribution is -2.13. The molecule has 1 rings (SSSR count). The summed E-state index contributed by atoms with van der Waals surface area (Å²) in [7, 11) is 0. The van der Waals surface area contributed by atoms with Crippen LogP contribution < -0.4 is 0 Å². The van der Waals surface area contributed by atoms with E-state index in [1.54, 1.807) is 0 Å². The third-order valence-corrected chi connectivity index (χ3v) is 3.82. The highest BCUT2D eigenvalue weighted by atomic mass is 16.6. The van der Waals surface area contributed by atoms with Crippen molar-refractivity contribution in [2.24, 2.45) is 0 Å². The topological polar surface area (TPSA) is 70.1 Å². The predicted octanol–water partition coefficient (Wildman–Crippen LogP) is 3.84. The molecule has 1 saturated heterocycles. The number of aliphatic hydroxyl groups excluding tert-OH is 1. The van der Waals surface area contributed by atoms with Crippen LogP contribution in [-0.2, 0) is 9.53 Å². The van der Waals surface area contributed by atoms with E-state index >= 15 is 0 Å². The SMILES string of the molecule is CC/C=C\CC1OC1C(O)/C=C/CCCCCCCC(=O)O. The van der Waals surface area contributed by atoms with Crippen LogP contribution in [0.2, 0.25) is 0 Å². The van der Waals surface area contributed by atoms with Gasteiger partial charge in [-0.3, -0.25) is 4.79 Å². The first-order valence-electron chi connectivity index (χ1n) is 8.52. The highest BCUT2D eigenvalue weighted by Crippen LogP contribution is 2.29. The maximum absolute atomic E-state index is 10.3. The minimum atomic E-state index is -0.706. The number of carboxylic acid groups (broad SMARTS) is 1. The van der Waals surface area contributed by atoms with Gasteiger partial charge < -0.3 is 14.9 Å². The van der Waals surface area contributed by atoms with Crippen LogP contribution in [0, 0.1) is 0 Å². The molecule has 1 fully saturated rings. The molecular formula is C18H30O4. The largest absolute Gasteiger partial charge is 0.481 e. The van der Waals surface area contributed by atoms with Gasteiger partial charge in [0.25, 0.3) is 0 Å². The summed E-state index contributed by atoms with van der Waals surface area (Å²) in [5, 5.41) is 18.5. The first-order chi connectivity index (χ1) is 10.6. The highest BCUT2D eigenvalue weighted by Gasteiger charge is 2.42. The Kier molecular flexibility index (Phi) is 9.84. The van der Waals surface area contributed by atoms with E-state index in [1.165, 1.54) is 0 Å². The molecular weight excluding hydrogens is 280 g/mol. The van der Waals surface area contributed by atoms with Crippen molar-refractivity contribution in [3.63, 3.8) is 0 Å². The number of hydrogen-bond acceptors (Lipinski definition) is 3. The summed E-state index contributed by atoms with van der Waals surface area (Å²) >= 11 is 0. The van der Waals surface area contributed by atoms with Crippen LogP contribution in [0.4, 0.5) is 0 Å². The number of carbonyl (C=O) groups is 1. The lowest BCUT2D eigenvalue weighted by molar-refractivity contribution is -0.137. The van der Waals surface area contributed by atoms with E-state index in [4.69, 9.17) is 9.84 Å². The van der Waals surface area contributed by atoms with Gasteiger partial charge in [0.2, 0.25) is 0 Å². The van der Waals surface area contributed by atoms with Crippen molar-refractivity contribution in [1.82, 2.24) is 0 Å². The molecule has 0 amide bonds. The summed E-state index contributed by atoms with van der Waals surface area (Å²) in [6, 6.07) is 0. The molecule has 4 nitrogen and oxygen atoms in total. The molecule has 0 aromatic carbocycles. The molecule has 3 unspecified atom stereocenters. The van der Waals surface area contributed by atoms with Crippen molar-refractivity contribution in [2.75, 3.05) is 0 Å². The molecule has 3 atom stereocenters. The molecule has 0 aromatic heterocycles. The molecule has 1 heterocycles. The third kappa shape index (κ3) is 9.00. The summed E-state index contributed by atoms with van der Waals surface area (Å²) in [5.74, 6) is -0.706. The summed E-state index contributed by atoms with van der Waals surface area (Å²) in [4.78, 5) is 10.3. The first kappa shape index (κ1) is 18.9. The van der Waals surface area contributed by atoms with Crippen LogP contribution in [0.15, 0.2) is 24.3 Å². The molecule has 1 aliphatic rings. The Morgan fingerprint density at radius 1 is 1.14 bits per heavy atom. The van der Waals surface area contributed by atoms with Crippen molar-refractivity contribution < 1.29 is 19.7 Å². The maximum atomic E-state index is 10.3. The molecule has 126 valence electrons. The minimum absolute atomic E-state index is 0.0335. The number of epoxide rings is 1. The number of unbranched alkanes of at least 4 members (excludes halogenated alkanes) is 5. The lowest BCUT2D eigenvalue weighted by atomic mass is 10.1. The fraction of sp³-hybridized carbons (Fsp3) is 0.722. The highest BCUT2D eigenvalue weighted by molar-refractivity contribution is 5.66. The monoisotopic (exact) mass is 310 g/mol. The van der Waals surface area contributed by atoms with Crippen LogP contribution in [0.3, 0.4) is 0 Å². The van der Waals surface area contributed by atoms with E-state index in [2.05, 4.69) is 19.1 Å². The Bertz CT molecular complexity index is 362. The molecule has 0 aromatic rings. The van der Waals surface area contributed by atoms with Crippen LogP contribution >= 0.6 is 0 Å². The van der Waals surface area contributed by atoms with Crippen molar-refractivity contribution in [3.05, 3.63) is 24.3 Å². The van der Waals surface area contributed by atoms with Crippen LogP contribution in [-0.4, -0.2) is 34.5 Å². The second kappa shape index (κ2) is 11.4. The summed E-state index contributed by atoms with van der Waals surface area (Å²) in [6.07, 6.45) is 16.0. The Hall–Kier alpha value is -1.13. The van der Waals surface area contributed by atoms with Gasteiger partial charge in [0.15, 0.2) is 0 Å². The van der Waals surface area contributed by atoms with Crippen LogP contribution in [0.5, 0.6) is 0 Å². The Morgan fingerprint density at radius 2 is 1.86 bits per heavy atom. The number of aliphatic hydroxyl groups is 1. The van der Waals surface area contributed by atoms with Crippen molar-refractivity contribution >= 4 is 5.97 Å². The molecule has 22 heavy (non-hydrogen) atoms. The predicted molar refractivity (Wildman–Crippen MR) is 87.8 cm³/mol. The van der Waals surface area contributed by atoms with E-state index < -0.39 is 12.1 Å². The summed E-state index contributed by atoms with van der Waals surface area (Å²) in [5.41, 5.74) is 0. The van der Waals surface area contributed by atoms with E-state index in [1.807, 2.05) is 12.2 Å². The van der Waals surface area contributed by atoms with E-state index in [0.717, 1.165) is 51.4 Å². The molecule has 0 aliphatic carbocycles. The van der Waals surface area contributed by atoms with Gasteiger partial charge in [-0.05, 0) is 32.1 Å². The van der Waals surface area contributed by atoms with Gasteiger partial charge in [-0.15, -0.1) is 0 Å². The van der Waals surface area contributed by atoms with Gasteiger partial charge in [-0.2, -0.15) is 0 Å². The molecule has 4 heteroatoms. The number of rotatable bonds is 13. The van der Waals surface area contributed by atoms with Gasteiger partial charge in [-0.25, -0.2) is 0 Å². The summed E-state index contributed by atoms with van der Waals surface area (Å²) < 4.78 is 5.47. The third-order valence-electron chi connectivity index (χ3n) is 3.82. The standard InChI is InChI=1S/C18H30O4/c1-2-3-9-13-16-18(22-16)15(19)12-10-7-5-4-6-8-11-14-17(20)21/h3,9-10,12,15-16,18-19H,2,4-8,11,13-14H2,1H3,(H,20,21)/b9-3-,12-10+. The Balaban J connectivity index is 1.95. The fourth-order valence-electron chi connectivity index (χ4n) is 2.46. The average molecular weight is 310 g/mol. The Morgan fingerprint density at radius 3 is 2.59 bits per heavy atom. The van der Waals surface area contributed by atoms with E-state index in [-0.39, 0.29) is 18.6 Å². The number of carboxylic acids is 1.